The predicted octanol–water partition coefficient (Wildman–Crippen LogP) is 0.230. The lowest BCUT2D eigenvalue weighted by atomic mass is 10.3. The van der Waals surface area contributed by atoms with Gasteiger partial charge in [-0.15, -0.1) is 0 Å². The maximum atomic E-state index is 5.29. The minimum absolute atomic E-state index is 0.337. The van der Waals surface area contributed by atoms with Crippen LogP contribution in [-0.4, -0.2) is 32.3 Å². The Kier molecular flexibility index (Phi) is 8.27. The van der Waals surface area contributed by atoms with Crippen molar-refractivity contribution in [1.82, 2.24) is 10.7 Å². The van der Waals surface area contributed by atoms with Crippen LogP contribution in [0, 0.1) is 0 Å². The molecule has 14 heavy (non-hydrogen) atoms. The summed E-state index contributed by atoms with van der Waals surface area (Å²) in [6.45, 7) is 5.64. The molecule has 0 aromatic heterocycles. The summed E-state index contributed by atoms with van der Waals surface area (Å²) in [6, 6.07) is 0.337. The van der Waals surface area contributed by atoms with Gasteiger partial charge in [-0.05, 0) is 26.7 Å². The Bertz CT molecular complexity index is 159. The zero-order valence-corrected chi connectivity index (χ0v) is 9.34. The number of hydrogen-bond donors (Lipinski definition) is 3. The summed E-state index contributed by atoms with van der Waals surface area (Å²) < 4.78 is 4.94. The van der Waals surface area contributed by atoms with Crippen LogP contribution in [0.25, 0.3) is 0 Å². The van der Waals surface area contributed by atoms with E-state index in [1.807, 2.05) is 13.8 Å². The second-order valence-electron chi connectivity index (χ2n) is 3.37. The van der Waals surface area contributed by atoms with Gasteiger partial charge in [0.2, 0.25) is 5.96 Å². The van der Waals surface area contributed by atoms with Gasteiger partial charge in [0.05, 0.1) is 0 Å². The van der Waals surface area contributed by atoms with Crippen LogP contribution in [0.4, 0.5) is 0 Å². The highest BCUT2D eigenvalue weighted by Gasteiger charge is 1.97. The Morgan fingerprint density at radius 2 is 2.14 bits per heavy atom. The fraction of sp³-hybridized carbons (Fsp3) is 0.889. The van der Waals surface area contributed by atoms with Crippen LogP contribution in [-0.2, 0) is 4.74 Å². The lowest BCUT2D eigenvalue weighted by molar-refractivity contribution is 0.193. The van der Waals surface area contributed by atoms with E-state index in [0.29, 0.717) is 12.0 Å². The minimum Gasteiger partial charge on any atom is -0.385 e. The largest absolute Gasteiger partial charge is 0.385 e. The quantitative estimate of drug-likeness (QED) is 0.189. The Morgan fingerprint density at radius 3 is 2.64 bits per heavy atom. The normalized spacial score (nSPS) is 11.9. The Labute approximate surface area is 86.1 Å². The maximum absolute atomic E-state index is 5.29. The molecule has 0 aliphatic heterocycles. The Hall–Kier alpha value is -0.810. The van der Waals surface area contributed by atoms with Crippen molar-refractivity contribution in [2.45, 2.75) is 32.7 Å². The molecular formula is C9H22N4O. The summed E-state index contributed by atoms with van der Waals surface area (Å²) in [5.74, 6) is 5.94. The van der Waals surface area contributed by atoms with E-state index in [-0.39, 0.29) is 0 Å². The molecule has 84 valence electrons. The first-order valence-electron chi connectivity index (χ1n) is 4.97. The van der Waals surface area contributed by atoms with Crippen LogP contribution in [0.15, 0.2) is 4.99 Å². The number of hydrogen-bond acceptors (Lipinski definition) is 3. The van der Waals surface area contributed by atoms with Crippen molar-refractivity contribution in [1.29, 1.82) is 0 Å². The molecule has 0 heterocycles. The van der Waals surface area contributed by atoms with Crippen molar-refractivity contribution < 1.29 is 4.74 Å². The number of hydrazine groups is 1. The van der Waals surface area contributed by atoms with E-state index < -0.39 is 0 Å². The molecule has 0 bridgehead atoms. The molecule has 4 N–H and O–H groups in total. The van der Waals surface area contributed by atoms with Crippen molar-refractivity contribution in [3.05, 3.63) is 0 Å². The number of rotatable bonds is 6. The van der Waals surface area contributed by atoms with Crippen LogP contribution in [0.3, 0.4) is 0 Å². The minimum atomic E-state index is 0.337. The summed E-state index contributed by atoms with van der Waals surface area (Å²) >= 11 is 0. The molecule has 0 radical (unpaired) electrons. The van der Waals surface area contributed by atoms with Crippen LogP contribution < -0.4 is 16.6 Å². The van der Waals surface area contributed by atoms with Crippen LogP contribution in [0.2, 0.25) is 0 Å². The molecule has 0 spiro atoms. The van der Waals surface area contributed by atoms with Crippen LogP contribution in [0.5, 0.6) is 0 Å². The lowest BCUT2D eigenvalue weighted by Gasteiger charge is -2.11. The summed E-state index contributed by atoms with van der Waals surface area (Å²) in [4.78, 5) is 4.27. The fourth-order valence-corrected chi connectivity index (χ4v) is 0.955. The van der Waals surface area contributed by atoms with Gasteiger partial charge >= 0.3 is 0 Å². The van der Waals surface area contributed by atoms with E-state index in [2.05, 4.69) is 15.7 Å². The number of nitrogens with two attached hydrogens (primary N) is 1. The first-order valence-corrected chi connectivity index (χ1v) is 4.97. The second kappa shape index (κ2) is 8.77. The first-order chi connectivity index (χ1) is 6.70. The fourth-order valence-electron chi connectivity index (χ4n) is 0.955. The van der Waals surface area contributed by atoms with E-state index in [0.717, 1.165) is 26.0 Å². The molecule has 0 rings (SSSR count). The molecule has 0 unspecified atom stereocenters. The van der Waals surface area contributed by atoms with Gasteiger partial charge in [0, 0.05) is 26.3 Å². The summed E-state index contributed by atoms with van der Waals surface area (Å²) in [7, 11) is 1.70. The molecule has 0 aromatic rings. The molecular weight excluding hydrogens is 180 g/mol. The highest BCUT2D eigenvalue weighted by atomic mass is 16.5. The number of aliphatic imine (C=N–C) groups is 1. The zero-order chi connectivity index (χ0) is 10.8. The molecule has 0 saturated carbocycles. The van der Waals surface area contributed by atoms with Gasteiger partial charge in [-0.1, -0.05) is 0 Å². The third-order valence-electron chi connectivity index (χ3n) is 1.59. The van der Waals surface area contributed by atoms with E-state index in [9.17, 15) is 0 Å². The molecule has 0 aromatic carbocycles. The third kappa shape index (κ3) is 7.82. The number of nitrogens with zero attached hydrogens (tertiary/aromatic N) is 1. The van der Waals surface area contributed by atoms with Crippen molar-refractivity contribution >= 4 is 5.96 Å². The molecule has 5 nitrogen and oxygen atoms in total. The van der Waals surface area contributed by atoms with Gasteiger partial charge < -0.3 is 10.1 Å². The predicted molar refractivity (Wildman–Crippen MR) is 59.0 cm³/mol. The van der Waals surface area contributed by atoms with Gasteiger partial charge in [0.15, 0.2) is 0 Å². The highest BCUT2D eigenvalue weighted by molar-refractivity contribution is 5.79. The Balaban J connectivity index is 3.59. The SMILES string of the molecule is COCCCCN=C(NN)NC(C)C. The van der Waals surface area contributed by atoms with Crippen molar-refractivity contribution in [3.8, 4) is 0 Å². The second-order valence-corrected chi connectivity index (χ2v) is 3.37. The van der Waals surface area contributed by atoms with Gasteiger partial charge in [-0.3, -0.25) is 10.4 Å². The average Bonchev–Trinajstić information content (AvgIpc) is 2.15. The van der Waals surface area contributed by atoms with E-state index in [1.165, 1.54) is 0 Å². The first kappa shape index (κ1) is 13.2. The van der Waals surface area contributed by atoms with Crippen molar-refractivity contribution in [3.63, 3.8) is 0 Å². The molecule has 0 saturated heterocycles. The number of guanidine groups is 1. The van der Waals surface area contributed by atoms with Gasteiger partial charge in [-0.2, -0.15) is 0 Å². The molecule has 5 heteroatoms. The molecule has 0 amide bonds. The standard InChI is InChI=1S/C9H22N4O/c1-8(2)12-9(13-10)11-6-4-5-7-14-3/h8H,4-7,10H2,1-3H3,(H2,11,12,13). The summed E-state index contributed by atoms with van der Waals surface area (Å²) in [5, 5.41) is 3.10. The molecule has 0 atom stereocenters. The number of nitrogens with one attached hydrogen (secondary N) is 2. The number of unbranched alkanes of at least 4 members (excludes halogenated alkanes) is 1. The smallest absolute Gasteiger partial charge is 0.205 e. The topological polar surface area (TPSA) is 71.7 Å². The van der Waals surface area contributed by atoms with Gasteiger partial charge in [0.1, 0.15) is 0 Å². The number of methoxy groups -OCH3 is 1. The van der Waals surface area contributed by atoms with Crippen molar-refractivity contribution in [2.24, 2.45) is 10.8 Å². The molecule has 0 fully saturated rings. The summed E-state index contributed by atoms with van der Waals surface area (Å²) in [6.07, 6.45) is 2.04. The van der Waals surface area contributed by atoms with E-state index in [1.54, 1.807) is 7.11 Å². The Morgan fingerprint density at radius 1 is 1.43 bits per heavy atom. The highest BCUT2D eigenvalue weighted by Crippen LogP contribution is 1.89. The van der Waals surface area contributed by atoms with Gasteiger partial charge in [-0.25, -0.2) is 5.84 Å². The maximum Gasteiger partial charge on any atom is 0.205 e. The van der Waals surface area contributed by atoms with Crippen LogP contribution >= 0.6 is 0 Å². The molecule has 0 aliphatic rings. The summed E-state index contributed by atoms with van der Waals surface area (Å²) in [5.41, 5.74) is 2.53. The van der Waals surface area contributed by atoms with E-state index in [4.69, 9.17) is 10.6 Å². The third-order valence-corrected chi connectivity index (χ3v) is 1.59. The van der Waals surface area contributed by atoms with Crippen LogP contribution in [0.1, 0.15) is 26.7 Å². The number of ether oxygens (including phenoxy) is 1. The van der Waals surface area contributed by atoms with Gasteiger partial charge in [0.25, 0.3) is 0 Å². The lowest BCUT2D eigenvalue weighted by Crippen LogP contribution is -2.44. The zero-order valence-electron chi connectivity index (χ0n) is 9.34. The van der Waals surface area contributed by atoms with E-state index >= 15 is 0 Å². The molecule has 0 aliphatic carbocycles. The monoisotopic (exact) mass is 202 g/mol. The van der Waals surface area contributed by atoms with Crippen molar-refractivity contribution in [2.75, 3.05) is 20.3 Å². The average molecular weight is 202 g/mol.